The van der Waals surface area contributed by atoms with Crippen LogP contribution < -0.4 is 10.5 Å². The quantitative estimate of drug-likeness (QED) is 0.822. The summed E-state index contributed by atoms with van der Waals surface area (Å²) < 4.78 is 0. The lowest BCUT2D eigenvalue weighted by molar-refractivity contribution is -0.136. The number of carboxylic acid groups (broad SMARTS) is 1. The molecule has 18 heavy (non-hydrogen) atoms. The molecular formula is C12H17N3O3. The van der Waals surface area contributed by atoms with Crippen molar-refractivity contribution < 1.29 is 9.90 Å². The van der Waals surface area contributed by atoms with Gasteiger partial charge in [0.15, 0.2) is 0 Å². The molecule has 2 heterocycles. The molecule has 2 rings (SSSR count). The van der Waals surface area contributed by atoms with Crippen LogP contribution in [0.15, 0.2) is 4.79 Å². The van der Waals surface area contributed by atoms with Gasteiger partial charge >= 0.3 is 5.97 Å². The fourth-order valence-corrected chi connectivity index (χ4v) is 2.20. The van der Waals surface area contributed by atoms with E-state index in [9.17, 15) is 9.59 Å². The van der Waals surface area contributed by atoms with E-state index in [1.54, 1.807) is 6.92 Å². The van der Waals surface area contributed by atoms with Gasteiger partial charge in [-0.15, -0.1) is 0 Å². The Labute approximate surface area is 105 Å². The highest BCUT2D eigenvalue weighted by Gasteiger charge is 2.17. The molecule has 6 heteroatoms. The zero-order valence-electron chi connectivity index (χ0n) is 10.4. The van der Waals surface area contributed by atoms with E-state index in [2.05, 4.69) is 14.9 Å². The molecule has 1 aliphatic rings. The fraction of sp³-hybridized carbons (Fsp3) is 0.583. The van der Waals surface area contributed by atoms with Crippen molar-refractivity contribution in [2.75, 3.05) is 18.0 Å². The molecule has 6 nitrogen and oxygen atoms in total. The Balaban J connectivity index is 2.23. The van der Waals surface area contributed by atoms with Crippen LogP contribution in [0.1, 0.15) is 30.5 Å². The summed E-state index contributed by atoms with van der Waals surface area (Å²) in [5.41, 5.74) is 0.882. The molecule has 0 aliphatic carbocycles. The molecule has 98 valence electrons. The van der Waals surface area contributed by atoms with Gasteiger partial charge in [0.05, 0.1) is 0 Å². The number of carboxylic acids is 1. The number of nitrogens with one attached hydrogen (secondary N) is 1. The average Bonchev–Trinajstić information content (AvgIpc) is 2.80. The number of carbonyl (C=O) groups is 1. The van der Waals surface area contributed by atoms with Crippen LogP contribution in [0.25, 0.3) is 0 Å². The molecule has 0 amide bonds. The Morgan fingerprint density at radius 1 is 1.44 bits per heavy atom. The van der Waals surface area contributed by atoms with Crippen LogP contribution in [-0.2, 0) is 11.2 Å². The topological polar surface area (TPSA) is 86.3 Å². The Bertz CT molecular complexity index is 504. The van der Waals surface area contributed by atoms with Crippen LogP contribution in [0.2, 0.25) is 0 Å². The maximum Gasteiger partial charge on any atom is 0.303 e. The summed E-state index contributed by atoms with van der Waals surface area (Å²) in [5.74, 6) is -0.300. The first kappa shape index (κ1) is 12.6. The van der Waals surface area contributed by atoms with Crippen molar-refractivity contribution in [1.82, 2.24) is 9.97 Å². The summed E-state index contributed by atoms with van der Waals surface area (Å²) in [4.78, 5) is 31.6. The number of hydrogen-bond donors (Lipinski definition) is 2. The van der Waals surface area contributed by atoms with Crippen LogP contribution in [-0.4, -0.2) is 34.1 Å². The van der Waals surface area contributed by atoms with Gasteiger partial charge in [-0.1, -0.05) is 0 Å². The minimum absolute atomic E-state index is 0.0470. The predicted molar refractivity (Wildman–Crippen MR) is 67.0 cm³/mol. The minimum Gasteiger partial charge on any atom is -0.481 e. The number of aromatic nitrogens is 2. The van der Waals surface area contributed by atoms with Crippen molar-refractivity contribution in [2.45, 2.75) is 32.6 Å². The molecule has 1 aromatic heterocycles. The highest BCUT2D eigenvalue weighted by atomic mass is 16.4. The van der Waals surface area contributed by atoms with E-state index in [4.69, 9.17) is 5.11 Å². The van der Waals surface area contributed by atoms with Gasteiger partial charge in [0.25, 0.3) is 5.56 Å². The fourth-order valence-electron chi connectivity index (χ4n) is 2.20. The first-order chi connectivity index (χ1) is 8.58. The third-order valence-electron chi connectivity index (χ3n) is 3.20. The van der Waals surface area contributed by atoms with Crippen molar-refractivity contribution in [2.24, 2.45) is 0 Å². The van der Waals surface area contributed by atoms with Crippen molar-refractivity contribution in [3.63, 3.8) is 0 Å². The summed E-state index contributed by atoms with van der Waals surface area (Å²) >= 11 is 0. The van der Waals surface area contributed by atoms with Crippen LogP contribution in [0.5, 0.6) is 0 Å². The van der Waals surface area contributed by atoms with Crippen LogP contribution in [0.3, 0.4) is 0 Å². The van der Waals surface area contributed by atoms with E-state index in [0.717, 1.165) is 25.9 Å². The van der Waals surface area contributed by atoms with Gasteiger partial charge in [0, 0.05) is 30.8 Å². The van der Waals surface area contributed by atoms with Gasteiger partial charge in [-0.05, 0) is 26.2 Å². The summed E-state index contributed by atoms with van der Waals surface area (Å²) in [6.07, 6.45) is 2.41. The van der Waals surface area contributed by atoms with Crippen molar-refractivity contribution >= 4 is 11.9 Å². The number of rotatable bonds is 4. The monoisotopic (exact) mass is 251 g/mol. The molecule has 1 aromatic rings. The van der Waals surface area contributed by atoms with E-state index in [-0.39, 0.29) is 18.4 Å². The second-order valence-corrected chi connectivity index (χ2v) is 4.54. The second-order valence-electron chi connectivity index (χ2n) is 4.54. The Hall–Kier alpha value is -1.85. The van der Waals surface area contributed by atoms with Gasteiger partial charge in [0.2, 0.25) is 5.95 Å². The number of H-pyrrole nitrogens is 1. The van der Waals surface area contributed by atoms with Crippen LogP contribution >= 0.6 is 0 Å². The van der Waals surface area contributed by atoms with Gasteiger partial charge in [-0.25, -0.2) is 4.98 Å². The van der Waals surface area contributed by atoms with Gasteiger partial charge in [0.1, 0.15) is 0 Å². The SMILES string of the molecule is Cc1nc(N2CCCC2)[nH]c(=O)c1CCC(=O)O. The van der Waals surface area contributed by atoms with E-state index < -0.39 is 5.97 Å². The van der Waals surface area contributed by atoms with E-state index in [0.29, 0.717) is 17.2 Å². The number of anilines is 1. The summed E-state index contributed by atoms with van der Waals surface area (Å²) in [6, 6.07) is 0. The van der Waals surface area contributed by atoms with Crippen molar-refractivity contribution in [1.29, 1.82) is 0 Å². The molecule has 0 spiro atoms. The van der Waals surface area contributed by atoms with E-state index >= 15 is 0 Å². The highest BCUT2D eigenvalue weighted by Crippen LogP contribution is 2.15. The maximum atomic E-state index is 11.9. The summed E-state index contributed by atoms with van der Waals surface area (Å²) in [5, 5.41) is 8.64. The molecule has 0 bridgehead atoms. The number of nitrogens with zero attached hydrogens (tertiary/aromatic N) is 2. The van der Waals surface area contributed by atoms with Gasteiger partial charge in [-0.2, -0.15) is 0 Å². The van der Waals surface area contributed by atoms with Crippen molar-refractivity contribution in [3.8, 4) is 0 Å². The Kier molecular flexibility index (Phi) is 3.64. The lowest BCUT2D eigenvalue weighted by Gasteiger charge is -2.16. The van der Waals surface area contributed by atoms with E-state index in [1.165, 1.54) is 0 Å². The normalized spacial score (nSPS) is 15.1. The number of aliphatic carboxylic acids is 1. The standard InChI is InChI=1S/C12H17N3O3/c1-8-9(4-5-10(16)17)11(18)14-12(13-8)15-6-2-3-7-15/h2-7H2,1H3,(H,16,17)(H,13,14,18). The lowest BCUT2D eigenvalue weighted by Crippen LogP contribution is -2.26. The molecule has 0 unspecified atom stereocenters. The molecule has 0 aromatic carbocycles. The highest BCUT2D eigenvalue weighted by molar-refractivity contribution is 5.67. The average molecular weight is 251 g/mol. The maximum absolute atomic E-state index is 11.9. The number of aryl methyl sites for hydroxylation is 1. The molecular weight excluding hydrogens is 234 g/mol. The molecule has 0 atom stereocenters. The van der Waals surface area contributed by atoms with Crippen molar-refractivity contribution in [3.05, 3.63) is 21.6 Å². The largest absolute Gasteiger partial charge is 0.481 e. The van der Waals surface area contributed by atoms with Crippen LogP contribution in [0, 0.1) is 6.92 Å². The Morgan fingerprint density at radius 2 is 2.11 bits per heavy atom. The first-order valence-corrected chi connectivity index (χ1v) is 6.14. The molecule has 0 saturated carbocycles. The third-order valence-corrected chi connectivity index (χ3v) is 3.20. The second kappa shape index (κ2) is 5.20. The molecule has 1 aliphatic heterocycles. The molecule has 0 radical (unpaired) electrons. The predicted octanol–water partition coefficient (Wildman–Crippen LogP) is 0.696. The molecule has 1 fully saturated rings. The minimum atomic E-state index is -0.905. The zero-order chi connectivity index (χ0) is 13.1. The smallest absolute Gasteiger partial charge is 0.303 e. The third kappa shape index (κ3) is 2.69. The molecule has 2 N–H and O–H groups in total. The summed E-state index contributed by atoms with van der Waals surface area (Å²) in [7, 11) is 0. The Morgan fingerprint density at radius 3 is 2.67 bits per heavy atom. The zero-order valence-corrected chi connectivity index (χ0v) is 10.4. The molecule has 1 saturated heterocycles. The lowest BCUT2D eigenvalue weighted by atomic mass is 10.1. The van der Waals surface area contributed by atoms with Gasteiger partial charge in [-0.3, -0.25) is 14.6 Å². The van der Waals surface area contributed by atoms with Gasteiger partial charge < -0.3 is 10.0 Å². The first-order valence-electron chi connectivity index (χ1n) is 6.14. The number of hydrogen-bond acceptors (Lipinski definition) is 4. The van der Waals surface area contributed by atoms with E-state index in [1.807, 2.05) is 0 Å². The number of aromatic amines is 1. The van der Waals surface area contributed by atoms with Crippen LogP contribution in [0.4, 0.5) is 5.95 Å². The summed E-state index contributed by atoms with van der Waals surface area (Å²) in [6.45, 7) is 3.58.